The van der Waals surface area contributed by atoms with Gasteiger partial charge in [0.05, 0.1) is 30.9 Å². The molecule has 2 amide bonds. The summed E-state index contributed by atoms with van der Waals surface area (Å²) in [6.07, 6.45) is 0.766. The molecule has 0 radical (unpaired) electrons. The first-order valence-corrected chi connectivity index (χ1v) is 14.6. The first kappa shape index (κ1) is 30.4. The average Bonchev–Trinajstić information content (AvgIpc) is 3.19. The highest BCUT2D eigenvalue weighted by Gasteiger charge is 2.44. The normalized spacial score (nSPS) is 18.1. The van der Waals surface area contributed by atoms with Gasteiger partial charge in [0.2, 0.25) is 5.91 Å². The highest BCUT2D eigenvalue weighted by atomic mass is 32.1. The van der Waals surface area contributed by atoms with E-state index in [1.807, 2.05) is 36.1 Å². The van der Waals surface area contributed by atoms with E-state index in [1.54, 1.807) is 31.2 Å². The molecule has 4 rings (SSSR count). The van der Waals surface area contributed by atoms with Crippen LogP contribution in [0.5, 0.6) is 5.75 Å². The summed E-state index contributed by atoms with van der Waals surface area (Å²) < 4.78 is 10.6. The third kappa shape index (κ3) is 7.81. The predicted molar refractivity (Wildman–Crippen MR) is 162 cm³/mol. The van der Waals surface area contributed by atoms with Gasteiger partial charge in [-0.2, -0.15) is 0 Å². The van der Waals surface area contributed by atoms with Crippen molar-refractivity contribution in [2.45, 2.75) is 32.7 Å². The Balaban J connectivity index is 1.45. The van der Waals surface area contributed by atoms with Gasteiger partial charge in [-0.1, -0.05) is 0 Å². The third-order valence-corrected chi connectivity index (χ3v) is 7.67. The first-order valence-electron chi connectivity index (χ1n) is 14.2. The molecule has 1 N–H and O–H groups in total. The summed E-state index contributed by atoms with van der Waals surface area (Å²) in [5, 5.41) is 3.25. The minimum absolute atomic E-state index is 0.0549. The molecule has 2 saturated heterocycles. The largest absolute Gasteiger partial charge is 0.494 e. The van der Waals surface area contributed by atoms with Gasteiger partial charge >= 0.3 is 5.97 Å². The number of esters is 1. The summed E-state index contributed by atoms with van der Waals surface area (Å²) in [6.45, 7) is 10.1. The maximum Gasteiger partial charge on any atom is 0.338 e. The van der Waals surface area contributed by atoms with Gasteiger partial charge in [-0.15, -0.1) is 0 Å². The Morgan fingerprint density at radius 3 is 2.27 bits per heavy atom. The number of thiocarbonyl (C=S) groups is 1. The van der Waals surface area contributed by atoms with Crippen molar-refractivity contribution in [3.63, 3.8) is 0 Å². The molecule has 0 aromatic heterocycles. The van der Waals surface area contributed by atoms with E-state index >= 15 is 0 Å². The van der Waals surface area contributed by atoms with Crippen LogP contribution in [0.1, 0.15) is 37.0 Å². The highest BCUT2D eigenvalue weighted by Crippen LogP contribution is 2.29. The third-order valence-electron chi connectivity index (χ3n) is 7.25. The smallest absolute Gasteiger partial charge is 0.338 e. The Hall–Kier alpha value is -3.54. The van der Waals surface area contributed by atoms with Crippen LogP contribution in [0.4, 0.5) is 11.4 Å². The zero-order valence-corrected chi connectivity index (χ0v) is 24.8. The number of anilines is 2. The molecule has 2 fully saturated rings. The van der Waals surface area contributed by atoms with Crippen molar-refractivity contribution in [2.75, 3.05) is 69.7 Å². The maximum atomic E-state index is 13.7. The molecule has 2 aliphatic heterocycles. The maximum absolute atomic E-state index is 13.7. The summed E-state index contributed by atoms with van der Waals surface area (Å²) in [7, 11) is 2.13. The minimum Gasteiger partial charge on any atom is -0.494 e. The Morgan fingerprint density at radius 1 is 0.951 bits per heavy atom. The van der Waals surface area contributed by atoms with Crippen molar-refractivity contribution in [2.24, 2.45) is 0 Å². The van der Waals surface area contributed by atoms with Crippen molar-refractivity contribution < 1.29 is 23.9 Å². The topological polar surface area (TPSA) is 94.7 Å². The van der Waals surface area contributed by atoms with Gasteiger partial charge in [-0.3, -0.25) is 14.5 Å². The van der Waals surface area contributed by atoms with Gasteiger partial charge < -0.3 is 29.5 Å². The number of carbonyl (C=O) groups excluding carboxylic acids is 3. The standard InChI is InChI=1S/C30H39N5O5S/c1-4-39-25-13-11-24(12-14-25)35-28(37)26(34(30(35)41)16-6-15-33-19-17-32(3)18-20-33)21-27(36)31-23-9-7-22(8-10-23)29(38)40-5-2/h7-14,26H,4-6,15-21H2,1-3H3,(H,31,36). The fraction of sp³-hybridized carbons (Fsp3) is 0.467. The molecule has 11 heteroatoms. The molecule has 2 aromatic rings. The Morgan fingerprint density at radius 2 is 1.63 bits per heavy atom. The fourth-order valence-corrected chi connectivity index (χ4v) is 5.42. The summed E-state index contributed by atoms with van der Waals surface area (Å²) in [4.78, 5) is 46.9. The lowest BCUT2D eigenvalue weighted by Crippen LogP contribution is -2.45. The fourth-order valence-electron chi connectivity index (χ4n) is 5.01. The van der Waals surface area contributed by atoms with Crippen molar-refractivity contribution in [1.82, 2.24) is 14.7 Å². The van der Waals surface area contributed by atoms with E-state index in [4.69, 9.17) is 21.7 Å². The molecule has 1 atom stereocenters. The van der Waals surface area contributed by atoms with E-state index < -0.39 is 12.0 Å². The molecule has 1 unspecified atom stereocenters. The number of nitrogens with zero attached hydrogens (tertiary/aromatic N) is 4. The minimum atomic E-state index is -0.722. The number of benzene rings is 2. The van der Waals surface area contributed by atoms with Crippen molar-refractivity contribution in [3.8, 4) is 5.75 Å². The Bertz CT molecular complexity index is 1210. The van der Waals surface area contributed by atoms with Gasteiger partial charge in [0.25, 0.3) is 5.91 Å². The zero-order chi connectivity index (χ0) is 29.4. The van der Waals surface area contributed by atoms with Crippen LogP contribution >= 0.6 is 12.2 Å². The summed E-state index contributed by atoms with van der Waals surface area (Å²) in [5.74, 6) is -0.251. The summed E-state index contributed by atoms with van der Waals surface area (Å²) in [6, 6.07) is 13.0. The zero-order valence-electron chi connectivity index (χ0n) is 24.0. The SMILES string of the molecule is CCOC(=O)c1ccc(NC(=O)CC2C(=O)N(c3ccc(OCC)cc3)C(=S)N2CCCN2CCN(C)CC2)cc1. The van der Waals surface area contributed by atoms with E-state index in [1.165, 1.54) is 4.90 Å². The molecule has 220 valence electrons. The molecule has 0 bridgehead atoms. The first-order chi connectivity index (χ1) is 19.8. The van der Waals surface area contributed by atoms with Crippen molar-refractivity contribution in [1.29, 1.82) is 0 Å². The average molecular weight is 582 g/mol. The Labute approximate surface area is 247 Å². The molecular formula is C30H39N5O5S. The van der Waals surface area contributed by atoms with Crippen LogP contribution in [0.2, 0.25) is 0 Å². The number of piperazine rings is 1. The number of nitrogens with one attached hydrogen (secondary N) is 1. The molecule has 2 heterocycles. The van der Waals surface area contributed by atoms with Gasteiger partial charge in [-0.05, 0) is 94.6 Å². The van der Waals surface area contributed by atoms with Gasteiger partial charge in [0.1, 0.15) is 11.8 Å². The summed E-state index contributed by atoms with van der Waals surface area (Å²) in [5.41, 5.74) is 1.57. The molecule has 0 spiro atoms. The molecule has 41 heavy (non-hydrogen) atoms. The number of hydrogen-bond donors (Lipinski definition) is 1. The predicted octanol–water partition coefficient (Wildman–Crippen LogP) is 3.23. The molecule has 0 saturated carbocycles. The van der Waals surface area contributed by atoms with E-state index in [0.717, 1.165) is 39.1 Å². The number of ether oxygens (including phenoxy) is 2. The van der Waals surface area contributed by atoms with Crippen LogP contribution in [0.25, 0.3) is 0 Å². The number of likely N-dealkylation sites (N-methyl/N-ethyl adjacent to an activating group) is 1. The molecule has 2 aliphatic rings. The van der Waals surface area contributed by atoms with E-state index in [2.05, 4.69) is 22.2 Å². The van der Waals surface area contributed by atoms with Gasteiger partial charge in [0.15, 0.2) is 5.11 Å². The van der Waals surface area contributed by atoms with Crippen LogP contribution in [-0.4, -0.2) is 103 Å². The highest BCUT2D eigenvalue weighted by molar-refractivity contribution is 7.80. The van der Waals surface area contributed by atoms with Crippen LogP contribution < -0.4 is 15.0 Å². The van der Waals surface area contributed by atoms with E-state index in [-0.39, 0.29) is 24.8 Å². The van der Waals surface area contributed by atoms with Crippen LogP contribution in [0.3, 0.4) is 0 Å². The second-order valence-corrected chi connectivity index (χ2v) is 10.5. The molecule has 0 aliphatic carbocycles. The van der Waals surface area contributed by atoms with Crippen LogP contribution in [0.15, 0.2) is 48.5 Å². The second-order valence-electron chi connectivity index (χ2n) is 10.1. The van der Waals surface area contributed by atoms with Gasteiger partial charge in [0, 0.05) is 38.4 Å². The number of hydrogen-bond acceptors (Lipinski definition) is 8. The van der Waals surface area contributed by atoms with Crippen molar-refractivity contribution in [3.05, 3.63) is 54.1 Å². The van der Waals surface area contributed by atoms with Crippen LogP contribution in [0, 0.1) is 0 Å². The number of rotatable bonds is 12. The quantitative estimate of drug-likeness (QED) is 0.300. The number of carbonyl (C=O) groups is 3. The lowest BCUT2D eigenvalue weighted by molar-refractivity contribution is -0.124. The van der Waals surface area contributed by atoms with E-state index in [0.29, 0.717) is 41.0 Å². The van der Waals surface area contributed by atoms with Crippen LogP contribution in [-0.2, 0) is 14.3 Å². The lowest BCUT2D eigenvalue weighted by atomic mass is 10.1. The monoisotopic (exact) mass is 581 g/mol. The second kappa shape index (κ2) is 14.4. The lowest BCUT2D eigenvalue weighted by Gasteiger charge is -2.33. The molecule has 2 aromatic carbocycles. The molecule has 10 nitrogen and oxygen atoms in total. The Kier molecular flexibility index (Phi) is 10.7. The summed E-state index contributed by atoms with van der Waals surface area (Å²) >= 11 is 5.81. The van der Waals surface area contributed by atoms with E-state index in [9.17, 15) is 14.4 Å². The number of amides is 2. The van der Waals surface area contributed by atoms with Gasteiger partial charge in [-0.25, -0.2) is 4.79 Å². The molecular weight excluding hydrogens is 542 g/mol. The van der Waals surface area contributed by atoms with Crippen molar-refractivity contribution >= 4 is 46.5 Å².